The summed E-state index contributed by atoms with van der Waals surface area (Å²) in [5.74, 6) is -1.27. The van der Waals surface area contributed by atoms with Crippen LogP contribution in [0.4, 0.5) is 13.2 Å². The lowest BCUT2D eigenvalue weighted by molar-refractivity contribution is -0.182. The molecule has 6 heteroatoms. The van der Waals surface area contributed by atoms with Crippen LogP contribution < -0.4 is 10.6 Å². The van der Waals surface area contributed by atoms with Crippen LogP contribution in [0.1, 0.15) is 39.5 Å². The molecule has 0 aromatic heterocycles. The van der Waals surface area contributed by atoms with Crippen molar-refractivity contribution < 1.29 is 18.0 Å². The van der Waals surface area contributed by atoms with Crippen molar-refractivity contribution in [2.45, 2.75) is 57.8 Å². The van der Waals surface area contributed by atoms with E-state index < -0.39 is 12.1 Å². The Labute approximate surface area is 106 Å². The van der Waals surface area contributed by atoms with Crippen LogP contribution in [0.2, 0.25) is 0 Å². The largest absolute Gasteiger partial charge is 0.391 e. The second-order valence-electron chi connectivity index (χ2n) is 4.87. The SMILES string of the molecule is CCNC(=O)C(C)NC1CCC(C(F)(F)F)CC1. The van der Waals surface area contributed by atoms with Gasteiger partial charge in [-0.25, -0.2) is 0 Å². The molecule has 1 rings (SSSR count). The lowest BCUT2D eigenvalue weighted by Gasteiger charge is -2.31. The highest BCUT2D eigenvalue weighted by atomic mass is 19.4. The van der Waals surface area contributed by atoms with Crippen molar-refractivity contribution in [2.24, 2.45) is 5.92 Å². The van der Waals surface area contributed by atoms with Crippen LogP contribution >= 0.6 is 0 Å². The predicted molar refractivity (Wildman–Crippen MR) is 63.1 cm³/mol. The van der Waals surface area contributed by atoms with Crippen molar-refractivity contribution in [1.82, 2.24) is 10.6 Å². The molecule has 0 aromatic rings. The third-order valence-electron chi connectivity index (χ3n) is 3.42. The zero-order valence-corrected chi connectivity index (χ0v) is 10.8. The monoisotopic (exact) mass is 266 g/mol. The first kappa shape index (κ1) is 15.3. The molecule has 0 heterocycles. The molecule has 1 unspecified atom stereocenters. The Hall–Kier alpha value is -0.780. The fourth-order valence-electron chi connectivity index (χ4n) is 2.34. The highest BCUT2D eigenvalue weighted by Gasteiger charge is 2.41. The average molecular weight is 266 g/mol. The molecule has 0 bridgehead atoms. The van der Waals surface area contributed by atoms with E-state index in [0.29, 0.717) is 19.4 Å². The van der Waals surface area contributed by atoms with E-state index in [2.05, 4.69) is 10.6 Å². The fraction of sp³-hybridized carbons (Fsp3) is 0.917. The van der Waals surface area contributed by atoms with Gasteiger partial charge in [0.25, 0.3) is 0 Å². The number of amides is 1. The van der Waals surface area contributed by atoms with Gasteiger partial charge in [0.15, 0.2) is 0 Å². The predicted octanol–water partition coefficient (Wildman–Crippen LogP) is 2.22. The maximum absolute atomic E-state index is 12.5. The molecule has 1 fully saturated rings. The Morgan fingerprint density at radius 1 is 1.28 bits per heavy atom. The van der Waals surface area contributed by atoms with E-state index in [1.165, 1.54) is 0 Å². The van der Waals surface area contributed by atoms with Crippen LogP contribution in [0.25, 0.3) is 0 Å². The van der Waals surface area contributed by atoms with Crippen molar-refractivity contribution in [3.05, 3.63) is 0 Å². The summed E-state index contributed by atoms with van der Waals surface area (Å²) in [6.07, 6.45) is -2.80. The van der Waals surface area contributed by atoms with Crippen molar-refractivity contribution in [3.63, 3.8) is 0 Å². The second kappa shape index (κ2) is 6.41. The summed E-state index contributed by atoms with van der Waals surface area (Å²) in [6, 6.07) is -0.335. The molecular weight excluding hydrogens is 245 g/mol. The molecule has 0 radical (unpaired) electrons. The van der Waals surface area contributed by atoms with Gasteiger partial charge in [0, 0.05) is 12.6 Å². The van der Waals surface area contributed by atoms with E-state index >= 15 is 0 Å². The first-order valence-electron chi connectivity index (χ1n) is 6.45. The molecule has 0 aromatic carbocycles. The summed E-state index contributed by atoms with van der Waals surface area (Å²) >= 11 is 0. The normalized spacial score (nSPS) is 26.7. The van der Waals surface area contributed by atoms with E-state index in [9.17, 15) is 18.0 Å². The lowest BCUT2D eigenvalue weighted by Crippen LogP contribution is -2.48. The van der Waals surface area contributed by atoms with Crippen molar-refractivity contribution in [2.75, 3.05) is 6.54 Å². The summed E-state index contributed by atoms with van der Waals surface area (Å²) in [4.78, 5) is 11.5. The summed E-state index contributed by atoms with van der Waals surface area (Å²) in [5.41, 5.74) is 0. The Morgan fingerprint density at radius 2 is 1.83 bits per heavy atom. The maximum atomic E-state index is 12.5. The number of hydrogen-bond acceptors (Lipinski definition) is 2. The summed E-state index contributed by atoms with van der Waals surface area (Å²) in [7, 11) is 0. The molecule has 0 spiro atoms. The Bertz CT molecular complexity index is 273. The Morgan fingerprint density at radius 3 is 2.28 bits per heavy atom. The average Bonchev–Trinajstić information content (AvgIpc) is 2.28. The van der Waals surface area contributed by atoms with Gasteiger partial charge >= 0.3 is 6.18 Å². The molecule has 0 aliphatic heterocycles. The molecule has 1 aliphatic carbocycles. The first-order chi connectivity index (χ1) is 8.34. The molecule has 1 amide bonds. The van der Waals surface area contributed by atoms with Gasteiger partial charge in [-0.3, -0.25) is 4.79 Å². The summed E-state index contributed by atoms with van der Waals surface area (Å²) in [6.45, 7) is 4.13. The number of rotatable bonds is 4. The number of alkyl halides is 3. The standard InChI is InChI=1S/C12H21F3N2O/c1-3-16-11(18)8(2)17-10-6-4-9(5-7-10)12(13,14)15/h8-10,17H,3-7H2,1-2H3,(H,16,18). The van der Waals surface area contributed by atoms with Crippen LogP contribution in [0.15, 0.2) is 0 Å². The minimum Gasteiger partial charge on any atom is -0.355 e. The van der Waals surface area contributed by atoms with E-state index in [-0.39, 0.29) is 30.8 Å². The van der Waals surface area contributed by atoms with Crippen LogP contribution in [-0.4, -0.2) is 30.7 Å². The second-order valence-corrected chi connectivity index (χ2v) is 4.87. The van der Waals surface area contributed by atoms with E-state index in [4.69, 9.17) is 0 Å². The van der Waals surface area contributed by atoms with Gasteiger partial charge in [-0.1, -0.05) is 0 Å². The highest BCUT2D eigenvalue weighted by Crippen LogP contribution is 2.37. The zero-order chi connectivity index (χ0) is 13.8. The van der Waals surface area contributed by atoms with E-state index in [1.54, 1.807) is 6.92 Å². The molecule has 3 nitrogen and oxygen atoms in total. The van der Waals surface area contributed by atoms with Gasteiger partial charge in [0.2, 0.25) is 5.91 Å². The van der Waals surface area contributed by atoms with Crippen molar-refractivity contribution in [1.29, 1.82) is 0 Å². The molecule has 0 saturated heterocycles. The minimum atomic E-state index is -4.07. The lowest BCUT2D eigenvalue weighted by atomic mass is 9.85. The van der Waals surface area contributed by atoms with Gasteiger partial charge in [0.05, 0.1) is 12.0 Å². The smallest absolute Gasteiger partial charge is 0.355 e. The molecule has 18 heavy (non-hydrogen) atoms. The number of carbonyl (C=O) groups excluding carboxylic acids is 1. The maximum Gasteiger partial charge on any atom is 0.391 e. The molecular formula is C12H21F3N2O. The topological polar surface area (TPSA) is 41.1 Å². The van der Waals surface area contributed by atoms with Crippen LogP contribution in [0, 0.1) is 5.92 Å². The van der Waals surface area contributed by atoms with Gasteiger partial charge in [0.1, 0.15) is 0 Å². The molecule has 106 valence electrons. The quantitative estimate of drug-likeness (QED) is 0.819. The van der Waals surface area contributed by atoms with Gasteiger partial charge in [-0.2, -0.15) is 13.2 Å². The van der Waals surface area contributed by atoms with Crippen molar-refractivity contribution >= 4 is 5.91 Å². The number of hydrogen-bond donors (Lipinski definition) is 2. The summed E-state index contributed by atoms with van der Waals surface area (Å²) in [5, 5.41) is 5.78. The molecule has 1 aliphatic rings. The van der Waals surface area contributed by atoms with Crippen LogP contribution in [0.5, 0.6) is 0 Å². The number of carbonyl (C=O) groups is 1. The van der Waals surface area contributed by atoms with Crippen molar-refractivity contribution in [3.8, 4) is 0 Å². The van der Waals surface area contributed by atoms with Crippen LogP contribution in [0.3, 0.4) is 0 Å². The third kappa shape index (κ3) is 4.48. The van der Waals surface area contributed by atoms with Gasteiger partial charge < -0.3 is 10.6 Å². The number of halogens is 3. The number of nitrogens with one attached hydrogen (secondary N) is 2. The zero-order valence-electron chi connectivity index (χ0n) is 10.8. The Balaban J connectivity index is 2.33. The van der Waals surface area contributed by atoms with Crippen LogP contribution in [-0.2, 0) is 4.79 Å². The Kier molecular flexibility index (Phi) is 5.44. The van der Waals surface area contributed by atoms with Gasteiger partial charge in [-0.05, 0) is 39.5 Å². The van der Waals surface area contributed by atoms with E-state index in [1.807, 2.05) is 6.92 Å². The molecule has 1 atom stereocenters. The third-order valence-corrected chi connectivity index (χ3v) is 3.42. The fourth-order valence-corrected chi connectivity index (χ4v) is 2.34. The summed E-state index contributed by atoms with van der Waals surface area (Å²) < 4.78 is 37.4. The molecule has 2 N–H and O–H groups in total. The highest BCUT2D eigenvalue weighted by molar-refractivity contribution is 5.81. The van der Waals surface area contributed by atoms with Gasteiger partial charge in [-0.15, -0.1) is 0 Å². The van der Waals surface area contributed by atoms with E-state index in [0.717, 1.165) is 0 Å². The molecule has 1 saturated carbocycles. The minimum absolute atomic E-state index is 0.0150. The first-order valence-corrected chi connectivity index (χ1v) is 6.45. The number of likely N-dealkylation sites (N-methyl/N-ethyl adjacent to an activating group) is 1.